The molecule has 0 radical (unpaired) electrons. The minimum atomic E-state index is -0.759. The summed E-state index contributed by atoms with van der Waals surface area (Å²) in [6.45, 7) is 2.11. The average Bonchev–Trinajstić information content (AvgIpc) is 2.49. The van der Waals surface area contributed by atoms with Gasteiger partial charge < -0.3 is 10.1 Å². The van der Waals surface area contributed by atoms with Gasteiger partial charge in [-0.05, 0) is 31.2 Å². The predicted octanol–water partition coefficient (Wildman–Crippen LogP) is 3.38. The van der Waals surface area contributed by atoms with E-state index in [0.717, 1.165) is 6.07 Å². The molecule has 0 aromatic heterocycles. The maximum Gasteiger partial charge on any atom is 0.296 e. The number of nitrogens with zero attached hydrogens (tertiary/aromatic N) is 1. The van der Waals surface area contributed by atoms with Crippen LogP contribution in [-0.4, -0.2) is 17.4 Å². The first-order chi connectivity index (χ1) is 10.5. The van der Waals surface area contributed by atoms with E-state index < -0.39 is 16.6 Å². The maximum absolute atomic E-state index is 13.6. The summed E-state index contributed by atoms with van der Waals surface area (Å²) < 4.78 is 18.7. The quantitative estimate of drug-likeness (QED) is 0.678. The third-order valence-corrected chi connectivity index (χ3v) is 2.84. The molecule has 0 bridgehead atoms. The SMILES string of the molecule is CCOc1ccc(NC(=O)c2ccccc2F)c([N+](=O)[O-])c1. The zero-order valence-corrected chi connectivity index (χ0v) is 11.7. The van der Waals surface area contributed by atoms with E-state index in [9.17, 15) is 19.3 Å². The number of rotatable bonds is 5. The lowest BCUT2D eigenvalue weighted by Gasteiger charge is -2.08. The third kappa shape index (κ3) is 3.38. The van der Waals surface area contributed by atoms with E-state index in [4.69, 9.17) is 4.74 Å². The Balaban J connectivity index is 2.31. The predicted molar refractivity (Wildman–Crippen MR) is 78.6 cm³/mol. The van der Waals surface area contributed by atoms with Crippen LogP contribution in [0.1, 0.15) is 17.3 Å². The molecule has 2 aromatic carbocycles. The molecular formula is C15H13FN2O4. The number of nitro groups is 1. The highest BCUT2D eigenvalue weighted by molar-refractivity contribution is 6.05. The van der Waals surface area contributed by atoms with Gasteiger partial charge >= 0.3 is 0 Å². The van der Waals surface area contributed by atoms with Gasteiger partial charge in [-0.15, -0.1) is 0 Å². The van der Waals surface area contributed by atoms with Crippen molar-refractivity contribution in [3.05, 3.63) is 64.0 Å². The zero-order chi connectivity index (χ0) is 16.1. The Bertz CT molecular complexity index is 718. The van der Waals surface area contributed by atoms with Crippen molar-refractivity contribution in [3.63, 3.8) is 0 Å². The molecule has 0 unspecified atom stereocenters. The summed E-state index contributed by atoms with van der Waals surface area (Å²) in [6.07, 6.45) is 0. The molecule has 0 fully saturated rings. The number of amides is 1. The number of carbonyl (C=O) groups excluding carboxylic acids is 1. The van der Waals surface area contributed by atoms with Crippen LogP contribution in [0.5, 0.6) is 5.75 Å². The highest BCUT2D eigenvalue weighted by atomic mass is 19.1. The number of carbonyl (C=O) groups is 1. The number of hydrogen-bond acceptors (Lipinski definition) is 4. The van der Waals surface area contributed by atoms with Crippen LogP contribution in [0.2, 0.25) is 0 Å². The number of hydrogen-bond donors (Lipinski definition) is 1. The Hall–Kier alpha value is -2.96. The number of nitro benzene ring substituents is 1. The topological polar surface area (TPSA) is 81.5 Å². The molecule has 0 aliphatic heterocycles. The maximum atomic E-state index is 13.6. The van der Waals surface area contributed by atoms with Crippen molar-refractivity contribution in [1.82, 2.24) is 0 Å². The van der Waals surface area contributed by atoms with E-state index >= 15 is 0 Å². The Kier molecular flexibility index (Phi) is 4.67. The summed E-state index contributed by atoms with van der Waals surface area (Å²) in [6, 6.07) is 9.44. The summed E-state index contributed by atoms with van der Waals surface area (Å²) >= 11 is 0. The molecule has 0 atom stereocenters. The van der Waals surface area contributed by atoms with E-state index in [-0.39, 0.29) is 16.9 Å². The molecular weight excluding hydrogens is 291 g/mol. The summed E-state index contributed by atoms with van der Waals surface area (Å²) in [7, 11) is 0. The van der Waals surface area contributed by atoms with Crippen molar-refractivity contribution in [2.45, 2.75) is 6.92 Å². The summed E-state index contributed by atoms with van der Waals surface area (Å²) in [5.41, 5.74) is -0.539. The van der Waals surface area contributed by atoms with Gasteiger partial charge in [0.25, 0.3) is 11.6 Å². The van der Waals surface area contributed by atoms with Crippen LogP contribution < -0.4 is 10.1 Å². The second-order valence-electron chi connectivity index (χ2n) is 4.30. The van der Waals surface area contributed by atoms with Gasteiger partial charge in [0, 0.05) is 0 Å². The van der Waals surface area contributed by atoms with Crippen LogP contribution in [0.25, 0.3) is 0 Å². The van der Waals surface area contributed by atoms with E-state index in [1.807, 2.05) is 0 Å². The van der Waals surface area contributed by atoms with Crippen molar-refractivity contribution in [2.75, 3.05) is 11.9 Å². The number of anilines is 1. The molecule has 1 amide bonds. The zero-order valence-electron chi connectivity index (χ0n) is 11.7. The van der Waals surface area contributed by atoms with Crippen molar-refractivity contribution in [3.8, 4) is 5.75 Å². The fraction of sp³-hybridized carbons (Fsp3) is 0.133. The van der Waals surface area contributed by atoms with Crippen molar-refractivity contribution in [2.24, 2.45) is 0 Å². The van der Waals surface area contributed by atoms with Crippen LogP contribution >= 0.6 is 0 Å². The number of halogens is 1. The molecule has 1 N–H and O–H groups in total. The molecule has 7 heteroatoms. The first-order valence-electron chi connectivity index (χ1n) is 6.50. The highest BCUT2D eigenvalue weighted by Gasteiger charge is 2.19. The lowest BCUT2D eigenvalue weighted by Crippen LogP contribution is -2.14. The lowest BCUT2D eigenvalue weighted by molar-refractivity contribution is -0.384. The van der Waals surface area contributed by atoms with E-state index in [2.05, 4.69) is 5.32 Å². The fourth-order valence-corrected chi connectivity index (χ4v) is 1.86. The van der Waals surface area contributed by atoms with Crippen LogP contribution in [-0.2, 0) is 0 Å². The molecule has 0 saturated heterocycles. The van der Waals surface area contributed by atoms with E-state index in [0.29, 0.717) is 12.4 Å². The van der Waals surface area contributed by atoms with Crippen LogP contribution in [0.4, 0.5) is 15.8 Å². The molecule has 0 spiro atoms. The van der Waals surface area contributed by atoms with Gasteiger partial charge in [-0.3, -0.25) is 14.9 Å². The first-order valence-corrected chi connectivity index (χ1v) is 6.50. The summed E-state index contributed by atoms with van der Waals surface area (Å²) in [4.78, 5) is 22.5. The normalized spacial score (nSPS) is 10.1. The minimum absolute atomic E-state index is 0.0262. The fourth-order valence-electron chi connectivity index (χ4n) is 1.86. The van der Waals surface area contributed by atoms with Gasteiger partial charge in [-0.1, -0.05) is 12.1 Å². The van der Waals surface area contributed by atoms with Gasteiger partial charge in [-0.2, -0.15) is 0 Å². The molecule has 0 saturated carbocycles. The van der Waals surface area contributed by atoms with Gasteiger partial charge in [0.15, 0.2) is 0 Å². The van der Waals surface area contributed by atoms with Gasteiger partial charge in [0.2, 0.25) is 0 Å². The second kappa shape index (κ2) is 6.66. The van der Waals surface area contributed by atoms with Crippen LogP contribution in [0, 0.1) is 15.9 Å². The first kappa shape index (κ1) is 15.4. The highest BCUT2D eigenvalue weighted by Crippen LogP contribution is 2.29. The van der Waals surface area contributed by atoms with Crippen molar-refractivity contribution in [1.29, 1.82) is 0 Å². The third-order valence-electron chi connectivity index (χ3n) is 2.84. The lowest BCUT2D eigenvalue weighted by atomic mass is 10.2. The summed E-state index contributed by atoms with van der Waals surface area (Å²) in [5, 5.41) is 13.4. The molecule has 0 aliphatic rings. The Morgan fingerprint density at radius 1 is 1.32 bits per heavy atom. The number of benzene rings is 2. The minimum Gasteiger partial charge on any atom is -0.494 e. The van der Waals surface area contributed by atoms with Crippen LogP contribution in [0.3, 0.4) is 0 Å². The van der Waals surface area contributed by atoms with E-state index in [1.54, 1.807) is 6.92 Å². The molecule has 0 heterocycles. The van der Waals surface area contributed by atoms with Gasteiger partial charge in [0.1, 0.15) is 17.3 Å². The largest absolute Gasteiger partial charge is 0.494 e. The second-order valence-corrected chi connectivity index (χ2v) is 4.30. The van der Waals surface area contributed by atoms with Gasteiger partial charge in [0.05, 0.1) is 23.2 Å². The molecule has 2 aromatic rings. The van der Waals surface area contributed by atoms with Gasteiger partial charge in [-0.25, -0.2) is 4.39 Å². The van der Waals surface area contributed by atoms with E-state index in [1.165, 1.54) is 36.4 Å². The number of ether oxygens (including phenoxy) is 1. The molecule has 114 valence electrons. The monoisotopic (exact) mass is 304 g/mol. The van der Waals surface area contributed by atoms with Crippen molar-refractivity contribution < 1.29 is 18.8 Å². The smallest absolute Gasteiger partial charge is 0.296 e. The molecule has 6 nitrogen and oxygen atoms in total. The number of nitrogens with one attached hydrogen (secondary N) is 1. The molecule has 2 rings (SSSR count). The molecule has 0 aliphatic carbocycles. The Morgan fingerprint density at radius 2 is 2.05 bits per heavy atom. The average molecular weight is 304 g/mol. The van der Waals surface area contributed by atoms with Crippen molar-refractivity contribution >= 4 is 17.3 Å². The standard InChI is InChI=1S/C15H13FN2O4/c1-2-22-10-7-8-13(14(9-10)18(20)21)17-15(19)11-5-3-4-6-12(11)16/h3-9H,2H2,1H3,(H,17,19). The van der Waals surface area contributed by atoms with Crippen LogP contribution in [0.15, 0.2) is 42.5 Å². The molecule has 22 heavy (non-hydrogen) atoms. The Labute approximate surface area is 125 Å². The Morgan fingerprint density at radius 3 is 2.68 bits per heavy atom. The summed E-state index contributed by atoms with van der Waals surface area (Å²) in [5.74, 6) is -1.14.